The van der Waals surface area contributed by atoms with Gasteiger partial charge < -0.3 is 9.94 Å². The van der Waals surface area contributed by atoms with Gasteiger partial charge in [-0.15, -0.1) is 10.2 Å². The lowest BCUT2D eigenvalue weighted by Gasteiger charge is -2.27. The van der Waals surface area contributed by atoms with Gasteiger partial charge in [-0.05, 0) is 47.2 Å². The zero-order valence-corrected chi connectivity index (χ0v) is 23.3. The van der Waals surface area contributed by atoms with E-state index in [1.54, 1.807) is 12.1 Å². The second-order valence-electron chi connectivity index (χ2n) is 11.2. The van der Waals surface area contributed by atoms with Gasteiger partial charge in [-0.2, -0.15) is 0 Å². The summed E-state index contributed by atoms with van der Waals surface area (Å²) in [6, 6.07) is 11.6. The lowest BCUT2D eigenvalue weighted by Crippen LogP contribution is -2.18. The van der Waals surface area contributed by atoms with Gasteiger partial charge in [-0.25, -0.2) is 10.3 Å². The summed E-state index contributed by atoms with van der Waals surface area (Å²) in [6.45, 7) is 11.6. The topological polar surface area (TPSA) is 187 Å². The van der Waals surface area contributed by atoms with Crippen LogP contribution in [0.25, 0.3) is 0 Å². The van der Waals surface area contributed by atoms with E-state index in [9.17, 15) is 34.9 Å². The maximum Gasteiger partial charge on any atom is 0.363 e. The van der Waals surface area contributed by atoms with Crippen molar-refractivity contribution in [1.82, 2.24) is 0 Å². The highest BCUT2D eigenvalue weighted by Crippen LogP contribution is 2.40. The molecule has 0 bridgehead atoms. The van der Waals surface area contributed by atoms with Crippen LogP contribution in [0.1, 0.15) is 73.4 Å². The number of hydrogen-bond donors (Lipinski definition) is 2. The fourth-order valence-electron chi connectivity index (χ4n) is 3.75. The number of hydrogen-bond acceptors (Lipinski definition) is 10. The van der Waals surface area contributed by atoms with Crippen LogP contribution in [0, 0.1) is 20.2 Å². The molecule has 0 aliphatic rings. The Hall–Kier alpha value is -5.20. The first-order valence-corrected chi connectivity index (χ1v) is 12.3. The van der Waals surface area contributed by atoms with Gasteiger partial charge in [0.1, 0.15) is 5.75 Å². The van der Waals surface area contributed by atoms with Gasteiger partial charge in [0.15, 0.2) is 0 Å². The number of azo groups is 1. The molecule has 3 aromatic rings. The van der Waals surface area contributed by atoms with Gasteiger partial charge in [-0.1, -0.05) is 41.5 Å². The van der Waals surface area contributed by atoms with Gasteiger partial charge in [0.25, 0.3) is 17.3 Å². The summed E-state index contributed by atoms with van der Waals surface area (Å²) in [6.07, 6.45) is 0. The molecule has 0 radical (unpaired) electrons. The summed E-state index contributed by atoms with van der Waals surface area (Å²) < 4.78 is 0. The largest absolute Gasteiger partial charge is 0.507 e. The first-order chi connectivity index (χ1) is 19.0. The molecule has 0 fully saturated rings. The molecule has 13 nitrogen and oxygen atoms in total. The van der Waals surface area contributed by atoms with Crippen LogP contribution < -0.4 is 5.48 Å². The van der Waals surface area contributed by atoms with Crippen molar-refractivity contribution in [2.24, 2.45) is 10.2 Å². The lowest BCUT2D eigenvalue weighted by atomic mass is 9.78. The Bertz CT molecular complexity index is 1480. The molecule has 0 saturated carbocycles. The molecule has 2 N–H and O–H groups in total. The number of rotatable bonds is 7. The van der Waals surface area contributed by atoms with Gasteiger partial charge in [-0.3, -0.25) is 25.0 Å². The van der Waals surface area contributed by atoms with Crippen molar-refractivity contribution in [3.05, 3.63) is 97.1 Å². The number of anilines is 1. The van der Waals surface area contributed by atoms with E-state index in [4.69, 9.17) is 4.84 Å². The van der Waals surface area contributed by atoms with Gasteiger partial charge in [0, 0.05) is 28.8 Å². The number of nitro benzene ring substituents is 2. The van der Waals surface area contributed by atoms with Crippen LogP contribution in [0.2, 0.25) is 0 Å². The maximum absolute atomic E-state index is 12.9. The third kappa shape index (κ3) is 7.47. The molecule has 13 heteroatoms. The monoisotopic (exact) mass is 563 g/mol. The Morgan fingerprint density at radius 3 is 1.73 bits per heavy atom. The van der Waals surface area contributed by atoms with Crippen LogP contribution in [0.15, 0.2) is 64.8 Å². The first kappa shape index (κ1) is 30.3. The smallest absolute Gasteiger partial charge is 0.363 e. The number of phenols is 1. The summed E-state index contributed by atoms with van der Waals surface area (Å²) in [7, 11) is 0. The minimum absolute atomic E-state index is 0.144. The van der Waals surface area contributed by atoms with Gasteiger partial charge in [0.05, 0.1) is 32.9 Å². The molecule has 0 aromatic heterocycles. The second kappa shape index (κ2) is 11.5. The number of phenolic OH excluding ortho intramolecular Hbond substituents is 1. The Balaban J connectivity index is 1.74. The van der Waals surface area contributed by atoms with Crippen molar-refractivity contribution in [2.45, 2.75) is 52.4 Å². The van der Waals surface area contributed by atoms with Crippen LogP contribution >= 0.6 is 0 Å². The molecular weight excluding hydrogens is 534 g/mol. The number of non-ortho nitro benzene ring substituents is 2. The molecule has 0 unspecified atom stereocenters. The van der Waals surface area contributed by atoms with Crippen molar-refractivity contribution >= 4 is 34.6 Å². The summed E-state index contributed by atoms with van der Waals surface area (Å²) in [4.78, 5) is 50.5. The van der Waals surface area contributed by atoms with Crippen LogP contribution in [0.5, 0.6) is 5.75 Å². The van der Waals surface area contributed by atoms with E-state index >= 15 is 0 Å². The van der Waals surface area contributed by atoms with Crippen molar-refractivity contribution < 1.29 is 29.4 Å². The highest BCUT2D eigenvalue weighted by molar-refractivity contribution is 5.95. The summed E-state index contributed by atoms with van der Waals surface area (Å²) in [5, 5.41) is 40.7. The summed E-state index contributed by atoms with van der Waals surface area (Å²) in [5.74, 6) is -1.53. The SMILES string of the molecule is CC(C)(C)c1cc(C(=O)N=Nc2ccc(NOC(=O)c3cc([N+](=O)[O-])cc([N+](=O)[O-])c3)cc2)cc(C(C)(C)C)c1O. The highest BCUT2D eigenvalue weighted by atomic mass is 16.7. The Morgan fingerprint density at radius 1 is 0.805 bits per heavy atom. The lowest BCUT2D eigenvalue weighted by molar-refractivity contribution is -0.394. The Kier molecular flexibility index (Phi) is 8.51. The van der Waals surface area contributed by atoms with E-state index < -0.39 is 43.9 Å². The quantitative estimate of drug-likeness (QED) is 0.175. The fourth-order valence-corrected chi connectivity index (χ4v) is 3.75. The van der Waals surface area contributed by atoms with Crippen molar-refractivity contribution in [2.75, 3.05) is 5.48 Å². The van der Waals surface area contributed by atoms with Crippen LogP contribution in [0.3, 0.4) is 0 Å². The molecule has 214 valence electrons. The maximum atomic E-state index is 12.9. The molecular formula is C28H29N5O8. The van der Waals surface area contributed by atoms with Crippen molar-refractivity contribution in [3.8, 4) is 5.75 Å². The van der Waals surface area contributed by atoms with Gasteiger partial charge in [0.2, 0.25) is 0 Å². The van der Waals surface area contributed by atoms with Crippen LogP contribution in [0.4, 0.5) is 22.7 Å². The van der Waals surface area contributed by atoms with E-state index in [0.717, 1.165) is 18.2 Å². The number of benzene rings is 3. The standard InChI is InChI=1S/C28H29N5O8/c1-27(2,3)22-13-16(14-23(24(22)34)28(4,5)6)25(35)30-29-18-7-9-19(10-8-18)31-41-26(36)17-11-20(32(37)38)15-21(12-17)33(39)40/h7-15,31,34H,1-6H3. The molecule has 0 heterocycles. The summed E-state index contributed by atoms with van der Waals surface area (Å²) >= 11 is 0. The number of aromatic hydroxyl groups is 1. The predicted molar refractivity (Wildman–Crippen MR) is 150 cm³/mol. The third-order valence-corrected chi connectivity index (χ3v) is 5.92. The average molecular weight is 564 g/mol. The molecule has 0 saturated heterocycles. The van der Waals surface area contributed by atoms with E-state index in [0.29, 0.717) is 16.8 Å². The molecule has 0 spiro atoms. The number of nitrogens with zero attached hydrogens (tertiary/aromatic N) is 4. The van der Waals surface area contributed by atoms with E-state index in [-0.39, 0.29) is 22.6 Å². The number of carbonyl (C=O) groups is 2. The third-order valence-electron chi connectivity index (χ3n) is 5.92. The number of nitro groups is 2. The molecule has 3 aromatic carbocycles. The molecule has 0 aliphatic heterocycles. The molecule has 41 heavy (non-hydrogen) atoms. The van der Waals surface area contributed by atoms with E-state index in [1.165, 1.54) is 24.3 Å². The van der Waals surface area contributed by atoms with Crippen molar-refractivity contribution in [3.63, 3.8) is 0 Å². The normalized spacial score (nSPS) is 11.8. The van der Waals surface area contributed by atoms with E-state index in [1.807, 2.05) is 41.5 Å². The number of carbonyl (C=O) groups excluding carboxylic acids is 2. The van der Waals surface area contributed by atoms with Crippen LogP contribution in [-0.4, -0.2) is 26.8 Å². The number of nitrogens with one attached hydrogen (secondary N) is 1. The molecule has 0 atom stereocenters. The minimum atomic E-state index is -1.08. The Labute approximate surface area is 235 Å². The average Bonchev–Trinajstić information content (AvgIpc) is 2.89. The van der Waals surface area contributed by atoms with Crippen LogP contribution in [-0.2, 0) is 15.7 Å². The first-order valence-electron chi connectivity index (χ1n) is 12.3. The van der Waals surface area contributed by atoms with Gasteiger partial charge >= 0.3 is 5.97 Å². The predicted octanol–water partition coefficient (Wildman–Crippen LogP) is 6.91. The highest BCUT2D eigenvalue weighted by Gasteiger charge is 2.28. The molecule has 0 aliphatic carbocycles. The molecule has 1 amide bonds. The zero-order chi connectivity index (χ0) is 30.7. The van der Waals surface area contributed by atoms with E-state index in [2.05, 4.69) is 15.7 Å². The molecule has 3 rings (SSSR count). The zero-order valence-electron chi connectivity index (χ0n) is 23.3. The number of amides is 1. The summed E-state index contributed by atoms with van der Waals surface area (Å²) in [5.41, 5.74) is 1.97. The Morgan fingerprint density at radius 2 is 1.29 bits per heavy atom. The fraction of sp³-hybridized carbons (Fsp3) is 0.286. The second-order valence-corrected chi connectivity index (χ2v) is 11.2. The van der Waals surface area contributed by atoms with Crippen molar-refractivity contribution in [1.29, 1.82) is 0 Å². The minimum Gasteiger partial charge on any atom is -0.507 e.